The highest BCUT2D eigenvalue weighted by Gasteiger charge is 2.41. The Balaban J connectivity index is 2.08. The fraction of sp³-hybridized carbons (Fsp3) is 0.524. The number of thioether (sulfide) groups is 2. The molecule has 176 valence electrons. The molecule has 0 unspecified atom stereocenters. The van der Waals surface area contributed by atoms with Crippen LogP contribution in [0.4, 0.5) is 10.5 Å². The zero-order valence-electron chi connectivity index (χ0n) is 18.7. The Labute approximate surface area is 197 Å². The molecule has 32 heavy (non-hydrogen) atoms. The standard InChI is InChI=1S/C21H31N5O4S2/c1-12(2)18(19(22)28)25-20(29)16-9-14(10-26(16)17(27)11-31-3)24-21(30)23-13-6-5-7-15(8-13)32-4/h5-8,12,14,16,18H,9-11H2,1-4H3,(H2,22,28)(H,25,29)(H2,23,24,30)/t14-,16+,18+/m0/s1. The Morgan fingerprint density at radius 2 is 1.94 bits per heavy atom. The van der Waals surface area contributed by atoms with Crippen LogP contribution in [0, 0.1) is 5.92 Å². The van der Waals surface area contributed by atoms with E-state index in [1.54, 1.807) is 37.9 Å². The Bertz CT molecular complexity index is 851. The van der Waals surface area contributed by atoms with E-state index in [0.29, 0.717) is 5.69 Å². The van der Waals surface area contributed by atoms with Crippen LogP contribution in [-0.4, -0.2) is 71.6 Å². The minimum atomic E-state index is -0.834. The van der Waals surface area contributed by atoms with Crippen LogP contribution in [0.2, 0.25) is 0 Å². The Hall–Kier alpha value is -2.40. The van der Waals surface area contributed by atoms with E-state index in [0.717, 1.165) is 4.90 Å². The second kappa shape index (κ2) is 12.0. The molecule has 0 radical (unpaired) electrons. The molecule has 1 aromatic rings. The van der Waals surface area contributed by atoms with Gasteiger partial charge in [-0.25, -0.2) is 4.79 Å². The lowest BCUT2D eigenvalue weighted by molar-refractivity contribution is -0.138. The average Bonchev–Trinajstić information content (AvgIpc) is 3.15. The summed E-state index contributed by atoms with van der Waals surface area (Å²) < 4.78 is 0. The van der Waals surface area contributed by atoms with Gasteiger partial charge in [-0.1, -0.05) is 19.9 Å². The molecule has 1 heterocycles. The molecule has 0 spiro atoms. The van der Waals surface area contributed by atoms with Gasteiger partial charge in [-0.15, -0.1) is 11.8 Å². The lowest BCUT2D eigenvalue weighted by atomic mass is 10.0. The highest BCUT2D eigenvalue weighted by atomic mass is 32.2. The molecule has 0 bridgehead atoms. The molecular weight excluding hydrogens is 450 g/mol. The highest BCUT2D eigenvalue weighted by Crippen LogP contribution is 2.22. The molecule has 2 rings (SSSR count). The van der Waals surface area contributed by atoms with Crippen LogP contribution in [0.25, 0.3) is 0 Å². The first-order chi connectivity index (χ1) is 15.2. The number of likely N-dealkylation sites (tertiary alicyclic amines) is 1. The van der Waals surface area contributed by atoms with Gasteiger partial charge in [0.2, 0.25) is 17.7 Å². The molecule has 5 N–H and O–H groups in total. The lowest BCUT2D eigenvalue weighted by Crippen LogP contribution is -2.54. The van der Waals surface area contributed by atoms with E-state index in [1.807, 2.05) is 24.5 Å². The van der Waals surface area contributed by atoms with Gasteiger partial charge in [-0.05, 0) is 43.0 Å². The van der Waals surface area contributed by atoms with Crippen LogP contribution in [0.1, 0.15) is 20.3 Å². The first kappa shape index (κ1) is 25.9. The van der Waals surface area contributed by atoms with Crippen LogP contribution in [0.5, 0.6) is 0 Å². The summed E-state index contributed by atoms with van der Waals surface area (Å²) >= 11 is 2.92. The fourth-order valence-corrected chi connectivity index (χ4v) is 4.41. The molecule has 0 saturated carbocycles. The monoisotopic (exact) mass is 481 g/mol. The number of nitrogens with one attached hydrogen (secondary N) is 3. The summed E-state index contributed by atoms with van der Waals surface area (Å²) in [7, 11) is 0. The van der Waals surface area contributed by atoms with Crippen LogP contribution < -0.4 is 21.7 Å². The van der Waals surface area contributed by atoms with Gasteiger partial charge in [0.1, 0.15) is 12.1 Å². The molecule has 1 fully saturated rings. The van der Waals surface area contributed by atoms with Gasteiger partial charge in [-0.3, -0.25) is 14.4 Å². The zero-order valence-corrected chi connectivity index (χ0v) is 20.3. The maximum absolute atomic E-state index is 12.9. The van der Waals surface area contributed by atoms with Crippen molar-refractivity contribution in [3.8, 4) is 0 Å². The minimum absolute atomic E-state index is 0.190. The topological polar surface area (TPSA) is 134 Å². The van der Waals surface area contributed by atoms with Crippen molar-refractivity contribution in [2.75, 3.05) is 30.1 Å². The van der Waals surface area contributed by atoms with Crippen molar-refractivity contribution in [2.45, 2.75) is 43.3 Å². The van der Waals surface area contributed by atoms with Crippen molar-refractivity contribution in [3.05, 3.63) is 24.3 Å². The molecule has 9 nitrogen and oxygen atoms in total. The maximum atomic E-state index is 12.9. The summed E-state index contributed by atoms with van der Waals surface area (Å²) in [5.74, 6) is -1.25. The van der Waals surface area contributed by atoms with E-state index < -0.39 is 36.0 Å². The van der Waals surface area contributed by atoms with Crippen LogP contribution in [-0.2, 0) is 14.4 Å². The second-order valence-corrected chi connectivity index (χ2v) is 9.64. The minimum Gasteiger partial charge on any atom is -0.368 e. The number of primary amides is 1. The largest absolute Gasteiger partial charge is 0.368 e. The summed E-state index contributed by atoms with van der Waals surface area (Å²) in [5, 5.41) is 8.30. The number of carbonyl (C=O) groups is 4. The first-order valence-corrected chi connectivity index (χ1v) is 12.9. The molecule has 1 aliphatic heterocycles. The van der Waals surface area contributed by atoms with Crippen LogP contribution >= 0.6 is 23.5 Å². The molecule has 5 amide bonds. The van der Waals surface area contributed by atoms with Crippen LogP contribution in [0.15, 0.2) is 29.2 Å². The van der Waals surface area contributed by atoms with Crippen molar-refractivity contribution < 1.29 is 19.2 Å². The number of anilines is 1. The van der Waals surface area contributed by atoms with Crippen molar-refractivity contribution >= 4 is 53.0 Å². The predicted molar refractivity (Wildman–Crippen MR) is 129 cm³/mol. The summed E-state index contributed by atoms with van der Waals surface area (Å²) in [5.41, 5.74) is 6.06. The van der Waals surface area contributed by atoms with Crippen molar-refractivity contribution in [1.82, 2.24) is 15.5 Å². The van der Waals surface area contributed by atoms with E-state index in [1.165, 1.54) is 16.7 Å². The predicted octanol–water partition coefficient (Wildman–Crippen LogP) is 1.49. The van der Waals surface area contributed by atoms with Gasteiger partial charge in [0.05, 0.1) is 11.8 Å². The first-order valence-electron chi connectivity index (χ1n) is 10.3. The van der Waals surface area contributed by atoms with Gasteiger partial charge >= 0.3 is 6.03 Å². The summed E-state index contributed by atoms with van der Waals surface area (Å²) in [4.78, 5) is 52.2. The van der Waals surface area contributed by atoms with E-state index >= 15 is 0 Å². The number of nitrogens with two attached hydrogens (primary N) is 1. The number of amides is 5. The molecule has 1 aliphatic rings. The third kappa shape index (κ3) is 7.06. The third-order valence-electron chi connectivity index (χ3n) is 5.13. The highest BCUT2D eigenvalue weighted by molar-refractivity contribution is 7.99. The number of hydrogen-bond donors (Lipinski definition) is 4. The smallest absolute Gasteiger partial charge is 0.319 e. The second-order valence-electron chi connectivity index (χ2n) is 7.89. The van der Waals surface area contributed by atoms with Gasteiger partial charge in [0, 0.05) is 17.1 Å². The Morgan fingerprint density at radius 1 is 1.22 bits per heavy atom. The van der Waals surface area contributed by atoms with Gasteiger partial charge in [-0.2, -0.15) is 11.8 Å². The normalized spacial score (nSPS) is 18.8. The third-order valence-corrected chi connectivity index (χ3v) is 6.39. The Kier molecular flexibility index (Phi) is 9.70. The summed E-state index contributed by atoms with van der Waals surface area (Å²) in [6.07, 6.45) is 4.00. The molecule has 3 atom stereocenters. The number of nitrogens with zero attached hydrogens (tertiary/aromatic N) is 1. The summed E-state index contributed by atoms with van der Waals surface area (Å²) in [6, 6.07) is 4.99. The Morgan fingerprint density at radius 3 is 2.53 bits per heavy atom. The van der Waals surface area contributed by atoms with Crippen molar-refractivity contribution in [1.29, 1.82) is 0 Å². The average molecular weight is 482 g/mol. The lowest BCUT2D eigenvalue weighted by Gasteiger charge is -2.26. The molecule has 1 aromatic carbocycles. The van der Waals surface area contributed by atoms with Crippen molar-refractivity contribution in [2.24, 2.45) is 11.7 Å². The maximum Gasteiger partial charge on any atom is 0.319 e. The SMILES string of the molecule is CSCC(=O)N1C[C@@H](NC(=O)Nc2cccc(SC)c2)C[C@@H]1C(=O)N[C@@H](C(N)=O)C(C)C. The van der Waals surface area contributed by atoms with Gasteiger partial charge in [0.15, 0.2) is 0 Å². The van der Waals surface area contributed by atoms with E-state index in [4.69, 9.17) is 5.73 Å². The molecule has 1 saturated heterocycles. The van der Waals surface area contributed by atoms with Gasteiger partial charge in [0.25, 0.3) is 0 Å². The quantitative estimate of drug-likeness (QED) is 0.395. The molecule has 11 heteroatoms. The number of carbonyl (C=O) groups excluding carboxylic acids is 4. The van der Waals surface area contributed by atoms with E-state index in [2.05, 4.69) is 16.0 Å². The number of hydrogen-bond acceptors (Lipinski definition) is 6. The fourth-order valence-electron chi connectivity index (χ4n) is 3.54. The number of benzene rings is 1. The summed E-state index contributed by atoms with van der Waals surface area (Å²) in [6.45, 7) is 3.77. The van der Waals surface area contributed by atoms with Crippen molar-refractivity contribution in [3.63, 3.8) is 0 Å². The molecule has 0 aromatic heterocycles. The molecule has 0 aliphatic carbocycles. The number of urea groups is 1. The van der Waals surface area contributed by atoms with Crippen LogP contribution in [0.3, 0.4) is 0 Å². The van der Waals surface area contributed by atoms with E-state index in [-0.39, 0.29) is 30.5 Å². The zero-order chi connectivity index (χ0) is 23.8. The van der Waals surface area contributed by atoms with E-state index in [9.17, 15) is 19.2 Å². The molecular formula is C21H31N5O4S2. The number of rotatable bonds is 9. The van der Waals surface area contributed by atoms with Gasteiger partial charge < -0.3 is 26.6 Å².